The van der Waals surface area contributed by atoms with Crippen molar-refractivity contribution in [2.45, 2.75) is 50.0 Å². The van der Waals surface area contributed by atoms with Gasteiger partial charge in [0, 0.05) is 16.9 Å². The molecule has 0 heterocycles. The topological polar surface area (TPSA) is 49.3 Å². The van der Waals surface area contributed by atoms with Crippen LogP contribution < -0.4 is 5.32 Å². The molecule has 0 aromatic heterocycles. The average Bonchev–Trinajstić information content (AvgIpc) is 3.28. The Labute approximate surface area is 134 Å². The summed E-state index contributed by atoms with van der Waals surface area (Å²) in [6.45, 7) is 0.609. The zero-order valence-electron chi connectivity index (χ0n) is 12.1. The summed E-state index contributed by atoms with van der Waals surface area (Å²) in [7, 11) is 0. The number of hydrogen-bond donors (Lipinski definition) is 2. The Morgan fingerprint density at radius 1 is 1.24 bits per heavy atom. The minimum absolute atomic E-state index is 0.127. The molecule has 2 fully saturated rings. The van der Waals surface area contributed by atoms with E-state index in [4.69, 9.17) is 0 Å². The van der Waals surface area contributed by atoms with Gasteiger partial charge in [-0.2, -0.15) is 0 Å². The summed E-state index contributed by atoms with van der Waals surface area (Å²) < 4.78 is 1.03. The second kappa shape index (κ2) is 6.09. The molecule has 1 aromatic carbocycles. The van der Waals surface area contributed by atoms with Crippen molar-refractivity contribution < 1.29 is 9.90 Å². The molecule has 2 unspecified atom stereocenters. The van der Waals surface area contributed by atoms with Gasteiger partial charge in [0.25, 0.3) is 0 Å². The van der Waals surface area contributed by atoms with Crippen molar-refractivity contribution >= 4 is 21.8 Å². The average molecular weight is 352 g/mol. The molecular formula is C17H22BrNO2. The van der Waals surface area contributed by atoms with E-state index in [9.17, 15) is 9.90 Å². The van der Waals surface area contributed by atoms with Crippen LogP contribution in [-0.2, 0) is 10.2 Å². The van der Waals surface area contributed by atoms with Gasteiger partial charge in [-0.05, 0) is 43.4 Å². The van der Waals surface area contributed by atoms with E-state index in [1.165, 1.54) is 0 Å². The van der Waals surface area contributed by atoms with Crippen LogP contribution in [0.1, 0.15) is 44.1 Å². The lowest BCUT2D eigenvalue weighted by Crippen LogP contribution is -2.41. The van der Waals surface area contributed by atoms with Crippen LogP contribution in [0.5, 0.6) is 0 Å². The van der Waals surface area contributed by atoms with E-state index < -0.39 is 0 Å². The zero-order chi connectivity index (χ0) is 14.9. The maximum absolute atomic E-state index is 12.6. The smallest absolute Gasteiger partial charge is 0.230 e. The second-order valence-electron chi connectivity index (χ2n) is 6.41. The van der Waals surface area contributed by atoms with Crippen molar-refractivity contribution in [1.82, 2.24) is 5.32 Å². The third kappa shape index (κ3) is 3.16. The van der Waals surface area contributed by atoms with Gasteiger partial charge in [0.05, 0.1) is 11.5 Å². The molecule has 114 valence electrons. The van der Waals surface area contributed by atoms with Gasteiger partial charge in [-0.25, -0.2) is 0 Å². The van der Waals surface area contributed by atoms with Crippen LogP contribution in [0.3, 0.4) is 0 Å². The first-order valence-electron chi connectivity index (χ1n) is 7.84. The van der Waals surface area contributed by atoms with Crippen LogP contribution in [0.15, 0.2) is 28.7 Å². The number of aliphatic hydroxyl groups is 1. The first-order valence-corrected chi connectivity index (χ1v) is 8.63. The van der Waals surface area contributed by atoms with Crippen LogP contribution in [0.2, 0.25) is 0 Å². The molecule has 2 aliphatic rings. The fourth-order valence-electron chi connectivity index (χ4n) is 3.36. The lowest BCUT2D eigenvalue weighted by atomic mass is 9.86. The predicted molar refractivity (Wildman–Crippen MR) is 86.0 cm³/mol. The number of aliphatic hydroxyl groups excluding tert-OH is 1. The molecule has 2 saturated carbocycles. The lowest BCUT2D eigenvalue weighted by Gasteiger charge is -2.28. The maximum Gasteiger partial charge on any atom is 0.230 e. The first kappa shape index (κ1) is 15.0. The summed E-state index contributed by atoms with van der Waals surface area (Å²) in [6, 6.07) is 8.05. The van der Waals surface area contributed by atoms with E-state index in [0.717, 1.165) is 48.6 Å². The molecule has 1 amide bonds. The number of carbonyl (C=O) groups excluding carboxylic acids is 1. The normalized spacial score (nSPS) is 27.1. The van der Waals surface area contributed by atoms with Gasteiger partial charge in [-0.3, -0.25) is 4.79 Å². The Morgan fingerprint density at radius 3 is 2.52 bits per heavy atom. The third-order valence-corrected chi connectivity index (χ3v) is 5.50. The first-order chi connectivity index (χ1) is 10.1. The van der Waals surface area contributed by atoms with Gasteiger partial charge in [0.15, 0.2) is 0 Å². The van der Waals surface area contributed by atoms with E-state index in [0.29, 0.717) is 6.54 Å². The molecule has 0 aliphatic heterocycles. The highest BCUT2D eigenvalue weighted by atomic mass is 79.9. The van der Waals surface area contributed by atoms with Crippen LogP contribution >= 0.6 is 15.9 Å². The van der Waals surface area contributed by atoms with E-state index in [1.54, 1.807) is 0 Å². The quantitative estimate of drug-likeness (QED) is 0.875. The summed E-state index contributed by atoms with van der Waals surface area (Å²) in [5.74, 6) is 0.353. The van der Waals surface area contributed by atoms with Gasteiger partial charge in [-0.1, -0.05) is 40.9 Å². The number of nitrogens with one attached hydrogen (secondary N) is 1. The lowest BCUT2D eigenvalue weighted by molar-refractivity contribution is -0.124. The van der Waals surface area contributed by atoms with Gasteiger partial charge >= 0.3 is 0 Å². The molecular weight excluding hydrogens is 330 g/mol. The summed E-state index contributed by atoms with van der Waals surface area (Å²) >= 11 is 3.43. The minimum atomic E-state index is -0.319. The Balaban J connectivity index is 1.61. The monoisotopic (exact) mass is 351 g/mol. The van der Waals surface area contributed by atoms with Gasteiger partial charge < -0.3 is 10.4 Å². The molecule has 4 heteroatoms. The van der Waals surface area contributed by atoms with Gasteiger partial charge in [0.2, 0.25) is 5.91 Å². The molecule has 21 heavy (non-hydrogen) atoms. The SMILES string of the molecule is O=C(NCC1CCCCC1O)C1(c2ccc(Br)cc2)CC1. The summed E-state index contributed by atoms with van der Waals surface area (Å²) in [5.41, 5.74) is 0.785. The molecule has 3 rings (SSSR count). The molecule has 1 aromatic rings. The highest BCUT2D eigenvalue weighted by Crippen LogP contribution is 2.48. The highest BCUT2D eigenvalue weighted by molar-refractivity contribution is 9.10. The fraction of sp³-hybridized carbons (Fsp3) is 0.588. The molecule has 3 nitrogen and oxygen atoms in total. The van der Waals surface area contributed by atoms with Crippen molar-refractivity contribution in [3.8, 4) is 0 Å². The maximum atomic E-state index is 12.6. The van der Waals surface area contributed by atoms with Gasteiger partial charge in [-0.15, -0.1) is 0 Å². The van der Waals surface area contributed by atoms with Crippen LogP contribution in [0.4, 0.5) is 0 Å². The van der Waals surface area contributed by atoms with Crippen molar-refractivity contribution in [3.63, 3.8) is 0 Å². The minimum Gasteiger partial charge on any atom is -0.393 e. The Kier molecular flexibility index (Phi) is 4.36. The van der Waals surface area contributed by atoms with Crippen molar-refractivity contribution in [1.29, 1.82) is 0 Å². The molecule has 2 N–H and O–H groups in total. The number of carbonyl (C=O) groups is 1. The number of hydrogen-bond acceptors (Lipinski definition) is 2. The van der Waals surface area contributed by atoms with Crippen LogP contribution in [0, 0.1) is 5.92 Å². The van der Waals surface area contributed by atoms with E-state index in [2.05, 4.69) is 21.2 Å². The Bertz CT molecular complexity index is 510. The summed E-state index contributed by atoms with van der Waals surface area (Å²) in [6.07, 6.45) is 5.76. The molecule has 2 atom stereocenters. The molecule has 0 spiro atoms. The van der Waals surface area contributed by atoms with E-state index in [1.807, 2.05) is 24.3 Å². The highest BCUT2D eigenvalue weighted by Gasteiger charge is 2.51. The largest absolute Gasteiger partial charge is 0.393 e. The standard InChI is InChI=1S/C17H22BrNO2/c18-14-7-5-13(6-8-14)17(9-10-17)16(21)19-11-12-3-1-2-4-15(12)20/h5-8,12,15,20H,1-4,9-11H2,(H,19,21). The third-order valence-electron chi connectivity index (χ3n) is 4.98. The fourth-order valence-corrected chi connectivity index (χ4v) is 3.62. The molecule has 0 bridgehead atoms. The number of benzene rings is 1. The van der Waals surface area contributed by atoms with Crippen LogP contribution in [-0.4, -0.2) is 23.7 Å². The number of amides is 1. The zero-order valence-corrected chi connectivity index (χ0v) is 13.7. The molecule has 0 radical (unpaired) electrons. The number of rotatable bonds is 4. The predicted octanol–water partition coefficient (Wildman–Crippen LogP) is 3.15. The summed E-state index contributed by atoms with van der Waals surface area (Å²) in [4.78, 5) is 12.6. The Hall–Kier alpha value is -0.870. The van der Waals surface area contributed by atoms with E-state index in [-0.39, 0.29) is 23.3 Å². The molecule has 0 saturated heterocycles. The second-order valence-corrected chi connectivity index (χ2v) is 7.33. The Morgan fingerprint density at radius 2 is 1.90 bits per heavy atom. The number of halogens is 1. The van der Waals surface area contributed by atoms with Crippen LogP contribution in [0.25, 0.3) is 0 Å². The summed E-state index contributed by atoms with van der Waals surface area (Å²) in [5, 5.41) is 13.1. The van der Waals surface area contributed by atoms with Crippen molar-refractivity contribution in [2.24, 2.45) is 5.92 Å². The molecule has 2 aliphatic carbocycles. The van der Waals surface area contributed by atoms with E-state index >= 15 is 0 Å². The van der Waals surface area contributed by atoms with Gasteiger partial charge in [0.1, 0.15) is 0 Å². The van der Waals surface area contributed by atoms with Crippen molar-refractivity contribution in [2.75, 3.05) is 6.54 Å². The van der Waals surface area contributed by atoms with Crippen molar-refractivity contribution in [3.05, 3.63) is 34.3 Å².